The number of piperidine rings is 1. The summed E-state index contributed by atoms with van der Waals surface area (Å²) >= 11 is 0. The summed E-state index contributed by atoms with van der Waals surface area (Å²) in [7, 11) is 0. The number of likely N-dealkylation sites (tertiary alicyclic amines) is 1. The summed E-state index contributed by atoms with van der Waals surface area (Å²) in [5.41, 5.74) is 3.48. The van der Waals surface area contributed by atoms with E-state index in [2.05, 4.69) is 59.1 Å². The number of rotatable bonds is 6. The number of aromatic nitrogens is 2. The highest BCUT2D eigenvalue weighted by molar-refractivity contribution is 5.79. The molecular formula is C25H29N3O. The van der Waals surface area contributed by atoms with Crippen molar-refractivity contribution in [3.8, 4) is 11.1 Å². The highest BCUT2D eigenvalue weighted by Gasteiger charge is 2.23. The van der Waals surface area contributed by atoms with Crippen LogP contribution in [-0.2, 0) is 24.2 Å². The van der Waals surface area contributed by atoms with Crippen LogP contribution in [0.15, 0.2) is 67.0 Å². The van der Waals surface area contributed by atoms with E-state index in [1.165, 1.54) is 11.1 Å². The van der Waals surface area contributed by atoms with Gasteiger partial charge in [0.15, 0.2) is 0 Å². The van der Waals surface area contributed by atoms with Gasteiger partial charge in [-0.3, -0.25) is 4.79 Å². The van der Waals surface area contributed by atoms with E-state index in [4.69, 9.17) is 0 Å². The van der Waals surface area contributed by atoms with Crippen LogP contribution in [0.4, 0.5) is 0 Å². The molecule has 1 aliphatic rings. The van der Waals surface area contributed by atoms with Crippen molar-refractivity contribution in [3.63, 3.8) is 0 Å². The van der Waals surface area contributed by atoms with Gasteiger partial charge in [0.25, 0.3) is 0 Å². The molecule has 1 saturated heterocycles. The normalized spacial score (nSPS) is 14.9. The van der Waals surface area contributed by atoms with Crippen molar-refractivity contribution in [2.24, 2.45) is 5.92 Å². The van der Waals surface area contributed by atoms with Crippen molar-refractivity contribution >= 4 is 5.91 Å². The third-order valence-electron chi connectivity index (χ3n) is 5.96. The molecule has 2 aromatic carbocycles. The summed E-state index contributed by atoms with van der Waals surface area (Å²) in [4.78, 5) is 19.2. The molecule has 4 rings (SSSR count). The Bertz CT molecular complexity index is 922. The maximum atomic E-state index is 12.8. The molecule has 1 fully saturated rings. The Morgan fingerprint density at radius 1 is 1.00 bits per heavy atom. The van der Waals surface area contributed by atoms with Crippen LogP contribution in [-0.4, -0.2) is 33.4 Å². The van der Waals surface area contributed by atoms with Crippen molar-refractivity contribution in [2.75, 3.05) is 13.1 Å². The van der Waals surface area contributed by atoms with E-state index in [0.717, 1.165) is 50.3 Å². The van der Waals surface area contributed by atoms with E-state index in [1.54, 1.807) is 0 Å². The molecule has 3 aromatic rings. The number of hydrogen-bond donors (Lipinski definition) is 0. The summed E-state index contributed by atoms with van der Waals surface area (Å²) < 4.78 is 2.27. The minimum Gasteiger partial charge on any atom is -0.342 e. The van der Waals surface area contributed by atoms with Crippen LogP contribution in [0.5, 0.6) is 0 Å². The molecule has 2 heterocycles. The average molecular weight is 388 g/mol. The van der Waals surface area contributed by atoms with Crippen LogP contribution in [0.25, 0.3) is 11.1 Å². The fourth-order valence-electron chi connectivity index (χ4n) is 4.20. The summed E-state index contributed by atoms with van der Waals surface area (Å²) in [6, 6.07) is 18.7. The fourth-order valence-corrected chi connectivity index (χ4v) is 4.20. The quantitative estimate of drug-likeness (QED) is 0.620. The average Bonchev–Trinajstić information content (AvgIpc) is 3.22. The molecule has 0 spiro atoms. The van der Waals surface area contributed by atoms with Crippen molar-refractivity contribution in [1.82, 2.24) is 14.5 Å². The van der Waals surface area contributed by atoms with E-state index in [1.807, 2.05) is 29.3 Å². The Morgan fingerprint density at radius 2 is 1.69 bits per heavy atom. The Hall–Kier alpha value is -2.88. The second-order valence-corrected chi connectivity index (χ2v) is 7.91. The van der Waals surface area contributed by atoms with E-state index in [0.29, 0.717) is 12.3 Å². The van der Waals surface area contributed by atoms with E-state index in [9.17, 15) is 4.79 Å². The molecule has 29 heavy (non-hydrogen) atoms. The van der Waals surface area contributed by atoms with Crippen LogP contribution in [0.1, 0.15) is 31.2 Å². The SMILES string of the molecule is CCc1nccn1CC1CCN(C(=O)Cc2ccc(-c3ccccc3)cc2)CC1. The maximum absolute atomic E-state index is 12.8. The van der Waals surface area contributed by atoms with Crippen LogP contribution in [0, 0.1) is 5.92 Å². The maximum Gasteiger partial charge on any atom is 0.226 e. The summed E-state index contributed by atoms with van der Waals surface area (Å²) in [5.74, 6) is 2.03. The zero-order valence-corrected chi connectivity index (χ0v) is 17.1. The second kappa shape index (κ2) is 9.08. The summed E-state index contributed by atoms with van der Waals surface area (Å²) in [6.07, 6.45) is 7.56. The topological polar surface area (TPSA) is 38.1 Å². The van der Waals surface area contributed by atoms with Gasteiger partial charge in [-0.2, -0.15) is 0 Å². The Balaban J connectivity index is 1.29. The predicted molar refractivity (Wildman–Crippen MR) is 116 cm³/mol. The van der Waals surface area contributed by atoms with Gasteiger partial charge in [0.2, 0.25) is 5.91 Å². The summed E-state index contributed by atoms with van der Waals surface area (Å²) in [5, 5.41) is 0. The zero-order valence-electron chi connectivity index (χ0n) is 17.1. The lowest BCUT2D eigenvalue weighted by molar-refractivity contribution is -0.131. The molecule has 150 valence electrons. The van der Waals surface area contributed by atoms with E-state index < -0.39 is 0 Å². The van der Waals surface area contributed by atoms with Gasteiger partial charge in [-0.1, -0.05) is 61.5 Å². The molecule has 0 atom stereocenters. The Labute approximate surface area is 173 Å². The molecule has 0 unspecified atom stereocenters. The predicted octanol–water partition coefficient (Wildman–Crippen LogP) is 4.59. The van der Waals surface area contributed by atoms with Gasteiger partial charge in [-0.15, -0.1) is 0 Å². The fraction of sp³-hybridized carbons (Fsp3) is 0.360. The van der Waals surface area contributed by atoms with Gasteiger partial charge in [0.1, 0.15) is 5.82 Å². The first-order valence-electron chi connectivity index (χ1n) is 10.6. The van der Waals surface area contributed by atoms with Gasteiger partial charge in [0, 0.05) is 38.4 Å². The third-order valence-corrected chi connectivity index (χ3v) is 5.96. The minimum atomic E-state index is 0.243. The first kappa shape index (κ1) is 19.4. The Kier molecular flexibility index (Phi) is 6.09. The number of benzene rings is 2. The van der Waals surface area contributed by atoms with Gasteiger partial charge in [-0.05, 0) is 35.4 Å². The lowest BCUT2D eigenvalue weighted by atomic mass is 9.96. The number of nitrogens with zero attached hydrogens (tertiary/aromatic N) is 3. The smallest absolute Gasteiger partial charge is 0.226 e. The molecule has 1 amide bonds. The monoisotopic (exact) mass is 387 g/mol. The largest absolute Gasteiger partial charge is 0.342 e. The molecule has 0 bridgehead atoms. The van der Waals surface area contributed by atoms with Crippen molar-refractivity contribution < 1.29 is 4.79 Å². The van der Waals surface area contributed by atoms with E-state index >= 15 is 0 Å². The number of imidazole rings is 1. The third kappa shape index (κ3) is 4.76. The Morgan fingerprint density at radius 3 is 2.38 bits per heavy atom. The van der Waals surface area contributed by atoms with Crippen LogP contribution in [0.2, 0.25) is 0 Å². The first-order valence-corrected chi connectivity index (χ1v) is 10.6. The van der Waals surface area contributed by atoms with Crippen LogP contribution >= 0.6 is 0 Å². The molecule has 0 aliphatic carbocycles. The number of amides is 1. The van der Waals surface area contributed by atoms with Gasteiger partial charge in [0.05, 0.1) is 6.42 Å². The molecule has 1 aromatic heterocycles. The molecular weight excluding hydrogens is 358 g/mol. The van der Waals surface area contributed by atoms with Crippen LogP contribution in [0.3, 0.4) is 0 Å². The molecule has 0 radical (unpaired) electrons. The number of hydrogen-bond acceptors (Lipinski definition) is 2. The highest BCUT2D eigenvalue weighted by atomic mass is 16.2. The number of carbonyl (C=O) groups excluding carboxylic acids is 1. The lowest BCUT2D eigenvalue weighted by Gasteiger charge is -2.32. The van der Waals surface area contributed by atoms with Gasteiger partial charge in [-0.25, -0.2) is 4.98 Å². The minimum absolute atomic E-state index is 0.243. The highest BCUT2D eigenvalue weighted by Crippen LogP contribution is 2.22. The molecule has 0 N–H and O–H groups in total. The zero-order chi connectivity index (χ0) is 20.1. The lowest BCUT2D eigenvalue weighted by Crippen LogP contribution is -2.40. The molecule has 0 saturated carbocycles. The van der Waals surface area contributed by atoms with Crippen molar-refractivity contribution in [3.05, 3.63) is 78.4 Å². The molecule has 4 heteroatoms. The van der Waals surface area contributed by atoms with Crippen molar-refractivity contribution in [2.45, 2.75) is 39.2 Å². The standard InChI is InChI=1S/C25H29N3O/c1-2-24-26-14-17-28(24)19-21-12-15-27(16-13-21)25(29)18-20-8-10-23(11-9-20)22-6-4-3-5-7-22/h3-11,14,17,21H,2,12-13,15-16,18-19H2,1H3. The summed E-state index contributed by atoms with van der Waals surface area (Å²) in [6.45, 7) is 4.89. The van der Waals surface area contributed by atoms with Gasteiger partial charge < -0.3 is 9.47 Å². The second-order valence-electron chi connectivity index (χ2n) is 7.91. The number of carbonyl (C=O) groups is 1. The molecule has 1 aliphatic heterocycles. The number of aryl methyl sites for hydroxylation is 1. The molecule has 4 nitrogen and oxygen atoms in total. The first-order chi connectivity index (χ1) is 14.2. The van der Waals surface area contributed by atoms with Crippen molar-refractivity contribution in [1.29, 1.82) is 0 Å². The van der Waals surface area contributed by atoms with Gasteiger partial charge >= 0.3 is 0 Å². The van der Waals surface area contributed by atoms with E-state index in [-0.39, 0.29) is 5.91 Å². The van der Waals surface area contributed by atoms with Crippen LogP contribution < -0.4 is 0 Å².